The van der Waals surface area contributed by atoms with Gasteiger partial charge in [-0.15, -0.1) is 12.3 Å². The standard InChI is InChI=1S/C14H18BrN3/c1-3-4-5-17-6-8-18(9-7-17)14-10-12(2)13(15)11-16-14/h1,10-11H,4-9H2,2H3. The summed E-state index contributed by atoms with van der Waals surface area (Å²) < 4.78 is 1.07. The summed E-state index contributed by atoms with van der Waals surface area (Å²) in [5, 5.41) is 0. The fourth-order valence-corrected chi connectivity index (χ4v) is 2.34. The minimum Gasteiger partial charge on any atom is -0.354 e. The van der Waals surface area contributed by atoms with E-state index in [0.29, 0.717) is 0 Å². The monoisotopic (exact) mass is 307 g/mol. The topological polar surface area (TPSA) is 19.4 Å². The first-order chi connectivity index (χ1) is 8.70. The van der Waals surface area contributed by atoms with E-state index >= 15 is 0 Å². The third-order valence-electron chi connectivity index (χ3n) is 3.30. The van der Waals surface area contributed by atoms with Gasteiger partial charge in [0.2, 0.25) is 0 Å². The number of piperazine rings is 1. The summed E-state index contributed by atoms with van der Waals surface area (Å²) in [5.74, 6) is 3.77. The lowest BCUT2D eigenvalue weighted by atomic mass is 10.2. The zero-order valence-corrected chi connectivity index (χ0v) is 12.3. The molecular weight excluding hydrogens is 290 g/mol. The average Bonchev–Trinajstić information content (AvgIpc) is 2.40. The third kappa shape index (κ3) is 3.24. The van der Waals surface area contributed by atoms with E-state index in [2.05, 4.69) is 49.6 Å². The minimum atomic E-state index is 0.843. The van der Waals surface area contributed by atoms with Crippen LogP contribution in [0, 0.1) is 19.3 Å². The molecule has 0 aromatic carbocycles. The van der Waals surface area contributed by atoms with Crippen LogP contribution in [-0.2, 0) is 0 Å². The number of aryl methyl sites for hydroxylation is 1. The molecule has 1 fully saturated rings. The van der Waals surface area contributed by atoms with Crippen molar-refractivity contribution < 1.29 is 0 Å². The Morgan fingerprint density at radius 3 is 2.72 bits per heavy atom. The highest BCUT2D eigenvalue weighted by Crippen LogP contribution is 2.20. The van der Waals surface area contributed by atoms with Crippen LogP contribution < -0.4 is 4.90 Å². The Hall–Kier alpha value is -1.05. The molecule has 4 heteroatoms. The van der Waals surface area contributed by atoms with E-state index in [-0.39, 0.29) is 0 Å². The molecule has 2 rings (SSSR count). The average molecular weight is 308 g/mol. The maximum absolute atomic E-state index is 5.29. The fraction of sp³-hybridized carbons (Fsp3) is 0.500. The highest BCUT2D eigenvalue weighted by molar-refractivity contribution is 9.10. The van der Waals surface area contributed by atoms with Crippen molar-refractivity contribution in [3.63, 3.8) is 0 Å². The smallest absolute Gasteiger partial charge is 0.128 e. The molecule has 1 aromatic heterocycles. The molecule has 0 aliphatic carbocycles. The number of hydrogen-bond donors (Lipinski definition) is 0. The van der Waals surface area contributed by atoms with Gasteiger partial charge in [-0.05, 0) is 34.5 Å². The normalized spacial score (nSPS) is 16.6. The van der Waals surface area contributed by atoms with Gasteiger partial charge >= 0.3 is 0 Å². The van der Waals surface area contributed by atoms with E-state index in [4.69, 9.17) is 6.42 Å². The second-order valence-corrected chi connectivity index (χ2v) is 5.43. The van der Waals surface area contributed by atoms with Gasteiger partial charge < -0.3 is 4.90 Å². The summed E-state index contributed by atoms with van der Waals surface area (Å²) in [4.78, 5) is 9.24. The lowest BCUT2D eigenvalue weighted by molar-refractivity contribution is 0.263. The number of halogens is 1. The van der Waals surface area contributed by atoms with E-state index in [1.54, 1.807) is 0 Å². The summed E-state index contributed by atoms with van der Waals surface area (Å²) in [6.07, 6.45) is 8.02. The first-order valence-electron chi connectivity index (χ1n) is 6.23. The Bertz CT molecular complexity index is 445. The highest BCUT2D eigenvalue weighted by atomic mass is 79.9. The van der Waals surface area contributed by atoms with Gasteiger partial charge in [-0.3, -0.25) is 4.90 Å². The Morgan fingerprint density at radius 1 is 1.39 bits per heavy atom. The molecule has 0 spiro atoms. The molecule has 0 radical (unpaired) electrons. The number of anilines is 1. The number of pyridine rings is 1. The van der Waals surface area contributed by atoms with Gasteiger partial charge in [-0.25, -0.2) is 4.98 Å². The van der Waals surface area contributed by atoms with Crippen molar-refractivity contribution in [2.24, 2.45) is 0 Å². The molecule has 96 valence electrons. The largest absolute Gasteiger partial charge is 0.354 e. The van der Waals surface area contributed by atoms with Crippen LogP contribution in [0.1, 0.15) is 12.0 Å². The molecule has 0 saturated carbocycles. The molecule has 1 aromatic rings. The van der Waals surface area contributed by atoms with Crippen LogP contribution in [0.4, 0.5) is 5.82 Å². The van der Waals surface area contributed by atoms with Crippen molar-refractivity contribution in [3.05, 3.63) is 22.3 Å². The first-order valence-corrected chi connectivity index (χ1v) is 7.03. The number of terminal acetylenes is 1. The molecule has 0 bridgehead atoms. The van der Waals surface area contributed by atoms with Crippen molar-refractivity contribution in [1.29, 1.82) is 0 Å². The molecule has 3 nitrogen and oxygen atoms in total. The van der Waals surface area contributed by atoms with Crippen molar-refractivity contribution in [3.8, 4) is 12.3 Å². The van der Waals surface area contributed by atoms with E-state index < -0.39 is 0 Å². The summed E-state index contributed by atoms with van der Waals surface area (Å²) in [6.45, 7) is 7.30. The quantitative estimate of drug-likeness (QED) is 0.799. The minimum absolute atomic E-state index is 0.843. The maximum atomic E-state index is 5.29. The first kappa shape index (κ1) is 13.4. The van der Waals surface area contributed by atoms with Gasteiger partial charge in [0.25, 0.3) is 0 Å². The van der Waals surface area contributed by atoms with Crippen LogP contribution in [0.25, 0.3) is 0 Å². The lowest BCUT2D eigenvalue weighted by Gasteiger charge is -2.35. The Labute approximate surface area is 117 Å². The van der Waals surface area contributed by atoms with Crippen LogP contribution in [0.3, 0.4) is 0 Å². The number of rotatable bonds is 3. The lowest BCUT2D eigenvalue weighted by Crippen LogP contribution is -2.46. The molecule has 1 aliphatic heterocycles. The van der Waals surface area contributed by atoms with Gasteiger partial charge in [0.05, 0.1) is 0 Å². The maximum Gasteiger partial charge on any atom is 0.128 e. The van der Waals surface area contributed by atoms with Crippen LogP contribution in [-0.4, -0.2) is 42.6 Å². The van der Waals surface area contributed by atoms with Crippen molar-refractivity contribution in [2.45, 2.75) is 13.3 Å². The second kappa shape index (κ2) is 6.21. The predicted octanol–water partition coefficient (Wildman–Crippen LogP) is 2.30. The predicted molar refractivity (Wildman–Crippen MR) is 78.8 cm³/mol. The van der Waals surface area contributed by atoms with E-state index in [1.165, 1.54) is 5.56 Å². The molecule has 0 unspecified atom stereocenters. The molecule has 0 amide bonds. The summed E-state index contributed by atoms with van der Waals surface area (Å²) >= 11 is 3.48. The van der Waals surface area contributed by atoms with Gasteiger partial charge in [-0.2, -0.15) is 0 Å². The van der Waals surface area contributed by atoms with Crippen molar-refractivity contribution in [2.75, 3.05) is 37.6 Å². The van der Waals surface area contributed by atoms with Gasteiger partial charge in [0, 0.05) is 49.8 Å². The van der Waals surface area contributed by atoms with Crippen molar-refractivity contribution >= 4 is 21.7 Å². The summed E-state index contributed by atoms with van der Waals surface area (Å²) in [6, 6.07) is 2.14. The van der Waals surface area contributed by atoms with Crippen LogP contribution in [0.15, 0.2) is 16.7 Å². The molecule has 18 heavy (non-hydrogen) atoms. The van der Waals surface area contributed by atoms with Crippen LogP contribution in [0.2, 0.25) is 0 Å². The van der Waals surface area contributed by atoms with Gasteiger partial charge in [0.1, 0.15) is 5.82 Å². The van der Waals surface area contributed by atoms with Crippen LogP contribution in [0.5, 0.6) is 0 Å². The molecule has 1 saturated heterocycles. The van der Waals surface area contributed by atoms with E-state index in [1.807, 2.05) is 6.20 Å². The molecule has 1 aliphatic rings. The molecule has 0 atom stereocenters. The third-order valence-corrected chi connectivity index (χ3v) is 4.13. The van der Waals surface area contributed by atoms with E-state index in [0.717, 1.165) is 49.4 Å². The Balaban J connectivity index is 1.93. The van der Waals surface area contributed by atoms with Gasteiger partial charge in [0.15, 0.2) is 0 Å². The van der Waals surface area contributed by atoms with Crippen LogP contribution >= 0.6 is 15.9 Å². The second-order valence-electron chi connectivity index (χ2n) is 4.57. The fourth-order valence-electron chi connectivity index (χ4n) is 2.12. The number of nitrogens with zero attached hydrogens (tertiary/aromatic N) is 3. The Morgan fingerprint density at radius 2 is 2.11 bits per heavy atom. The molecule has 0 N–H and O–H groups in total. The molecule has 2 heterocycles. The van der Waals surface area contributed by atoms with Gasteiger partial charge in [-0.1, -0.05) is 0 Å². The van der Waals surface area contributed by atoms with E-state index in [9.17, 15) is 0 Å². The summed E-state index contributed by atoms with van der Waals surface area (Å²) in [7, 11) is 0. The van der Waals surface area contributed by atoms with Crippen molar-refractivity contribution in [1.82, 2.24) is 9.88 Å². The zero-order chi connectivity index (χ0) is 13.0. The number of aromatic nitrogens is 1. The Kier molecular flexibility index (Phi) is 4.62. The highest BCUT2D eigenvalue weighted by Gasteiger charge is 2.17. The zero-order valence-electron chi connectivity index (χ0n) is 10.7. The SMILES string of the molecule is C#CCCN1CCN(c2cc(C)c(Br)cn2)CC1. The molecular formula is C14H18BrN3. The number of hydrogen-bond acceptors (Lipinski definition) is 3. The summed E-state index contributed by atoms with van der Waals surface area (Å²) in [5.41, 5.74) is 1.23.